The third-order valence-electron chi connectivity index (χ3n) is 3.01. The Morgan fingerprint density at radius 2 is 1.71 bits per heavy atom. The molecule has 5 heteroatoms. The van der Waals surface area contributed by atoms with E-state index < -0.39 is 5.97 Å². The molecule has 5 nitrogen and oxygen atoms in total. The zero-order chi connectivity index (χ0) is 16.0. The zero-order valence-corrected chi connectivity index (χ0v) is 13.1. The molecule has 0 aliphatic carbocycles. The van der Waals surface area contributed by atoms with Crippen LogP contribution in [-0.4, -0.2) is 34.6 Å². The van der Waals surface area contributed by atoms with E-state index in [-0.39, 0.29) is 18.5 Å². The largest absolute Gasteiger partial charge is 0.481 e. The first kappa shape index (κ1) is 17.0. The number of carboxylic acids is 1. The fourth-order valence-corrected chi connectivity index (χ4v) is 2.00. The molecule has 0 spiro atoms. The number of hydrogen-bond donors (Lipinski definition) is 2. The number of benzene rings is 1. The standard InChI is InChI=1S/C16H24N2O3/c1-11(2)10-18(12(3)4)16(21)17-14-7-5-13(6-8-14)9-15(19)20/h5-8,11-12H,9-10H2,1-4H3,(H,17,21)(H,19,20). The van der Waals surface area contributed by atoms with Crippen molar-refractivity contribution in [1.82, 2.24) is 4.90 Å². The zero-order valence-electron chi connectivity index (χ0n) is 13.1. The average Bonchev–Trinajstić information content (AvgIpc) is 2.37. The Morgan fingerprint density at radius 3 is 2.14 bits per heavy atom. The summed E-state index contributed by atoms with van der Waals surface area (Å²) in [5, 5.41) is 11.6. The van der Waals surface area contributed by atoms with E-state index in [1.165, 1.54) is 0 Å². The van der Waals surface area contributed by atoms with E-state index in [9.17, 15) is 9.59 Å². The molecule has 1 aromatic carbocycles. The second-order valence-electron chi connectivity index (χ2n) is 5.84. The molecule has 116 valence electrons. The normalized spacial score (nSPS) is 10.8. The molecule has 0 aromatic heterocycles. The molecule has 0 saturated heterocycles. The Hall–Kier alpha value is -2.04. The Kier molecular flexibility index (Phi) is 6.21. The van der Waals surface area contributed by atoms with Gasteiger partial charge in [0.15, 0.2) is 0 Å². The third kappa shape index (κ3) is 5.85. The number of hydrogen-bond acceptors (Lipinski definition) is 2. The molecular weight excluding hydrogens is 268 g/mol. The molecule has 0 fully saturated rings. The number of aliphatic carboxylic acids is 1. The van der Waals surface area contributed by atoms with Crippen molar-refractivity contribution in [1.29, 1.82) is 0 Å². The summed E-state index contributed by atoms with van der Waals surface area (Å²) in [6, 6.07) is 6.87. The van der Waals surface area contributed by atoms with E-state index in [0.29, 0.717) is 23.7 Å². The van der Waals surface area contributed by atoms with Gasteiger partial charge in [0, 0.05) is 18.3 Å². The maximum absolute atomic E-state index is 12.3. The summed E-state index contributed by atoms with van der Waals surface area (Å²) in [7, 11) is 0. The van der Waals surface area contributed by atoms with Crippen molar-refractivity contribution in [3.8, 4) is 0 Å². The Labute approximate surface area is 126 Å². The summed E-state index contributed by atoms with van der Waals surface area (Å²) in [5.41, 5.74) is 1.38. The predicted molar refractivity (Wildman–Crippen MR) is 83.5 cm³/mol. The average molecular weight is 292 g/mol. The van der Waals surface area contributed by atoms with E-state index in [1.54, 1.807) is 29.2 Å². The van der Waals surface area contributed by atoms with Gasteiger partial charge in [-0.05, 0) is 37.5 Å². The Morgan fingerprint density at radius 1 is 1.14 bits per heavy atom. The quantitative estimate of drug-likeness (QED) is 0.845. The first-order chi connectivity index (χ1) is 9.79. The molecule has 0 unspecified atom stereocenters. The van der Waals surface area contributed by atoms with Crippen LogP contribution in [0.25, 0.3) is 0 Å². The summed E-state index contributed by atoms with van der Waals surface area (Å²) >= 11 is 0. The van der Waals surface area contributed by atoms with Crippen LogP contribution in [0.5, 0.6) is 0 Å². The van der Waals surface area contributed by atoms with Crippen molar-refractivity contribution in [2.75, 3.05) is 11.9 Å². The van der Waals surface area contributed by atoms with Crippen LogP contribution in [0, 0.1) is 5.92 Å². The van der Waals surface area contributed by atoms with Gasteiger partial charge < -0.3 is 15.3 Å². The van der Waals surface area contributed by atoms with E-state index >= 15 is 0 Å². The topological polar surface area (TPSA) is 69.6 Å². The fraction of sp³-hybridized carbons (Fsp3) is 0.500. The van der Waals surface area contributed by atoms with Crippen molar-refractivity contribution in [3.63, 3.8) is 0 Å². The number of nitrogens with one attached hydrogen (secondary N) is 1. The Bertz CT molecular complexity index is 481. The first-order valence-corrected chi connectivity index (χ1v) is 7.18. The molecule has 0 atom stereocenters. The first-order valence-electron chi connectivity index (χ1n) is 7.18. The number of nitrogens with zero attached hydrogens (tertiary/aromatic N) is 1. The summed E-state index contributed by atoms with van der Waals surface area (Å²) in [4.78, 5) is 24.7. The van der Waals surface area contributed by atoms with Crippen molar-refractivity contribution in [3.05, 3.63) is 29.8 Å². The van der Waals surface area contributed by atoms with Crippen LogP contribution in [0.1, 0.15) is 33.3 Å². The molecule has 0 heterocycles. The summed E-state index contributed by atoms with van der Waals surface area (Å²) < 4.78 is 0. The number of amides is 2. The lowest BCUT2D eigenvalue weighted by Gasteiger charge is -2.28. The minimum absolute atomic E-state index is 0.0142. The van der Waals surface area contributed by atoms with Crippen molar-refractivity contribution in [2.24, 2.45) is 5.92 Å². The maximum atomic E-state index is 12.3. The lowest BCUT2D eigenvalue weighted by atomic mass is 10.1. The maximum Gasteiger partial charge on any atom is 0.322 e. The molecular formula is C16H24N2O3. The molecule has 1 rings (SSSR count). The van der Waals surface area contributed by atoms with Gasteiger partial charge in [-0.15, -0.1) is 0 Å². The van der Waals surface area contributed by atoms with Gasteiger partial charge in [0.1, 0.15) is 0 Å². The molecule has 1 aromatic rings. The summed E-state index contributed by atoms with van der Waals surface area (Å²) in [5.74, 6) is -0.467. The smallest absolute Gasteiger partial charge is 0.322 e. The lowest BCUT2D eigenvalue weighted by molar-refractivity contribution is -0.136. The molecule has 0 radical (unpaired) electrons. The van der Waals surface area contributed by atoms with Gasteiger partial charge in [0.05, 0.1) is 6.42 Å². The molecule has 0 aliphatic heterocycles. The predicted octanol–water partition coefficient (Wildman–Crippen LogP) is 3.21. The molecule has 2 amide bonds. The van der Waals surface area contributed by atoms with Gasteiger partial charge in [-0.25, -0.2) is 4.79 Å². The monoisotopic (exact) mass is 292 g/mol. The van der Waals surface area contributed by atoms with E-state index in [2.05, 4.69) is 19.2 Å². The van der Waals surface area contributed by atoms with Crippen molar-refractivity contribution in [2.45, 2.75) is 40.2 Å². The summed E-state index contributed by atoms with van der Waals surface area (Å²) in [6.07, 6.45) is -0.0142. The SMILES string of the molecule is CC(C)CN(C(=O)Nc1ccc(CC(=O)O)cc1)C(C)C. The minimum Gasteiger partial charge on any atom is -0.481 e. The van der Waals surface area contributed by atoms with Crippen LogP contribution in [0.15, 0.2) is 24.3 Å². The number of carbonyl (C=O) groups excluding carboxylic acids is 1. The van der Waals surface area contributed by atoms with Gasteiger partial charge >= 0.3 is 12.0 Å². The number of rotatable bonds is 6. The third-order valence-corrected chi connectivity index (χ3v) is 3.01. The second kappa shape index (κ2) is 7.67. The highest BCUT2D eigenvalue weighted by molar-refractivity contribution is 5.89. The molecule has 21 heavy (non-hydrogen) atoms. The van der Waals surface area contributed by atoms with Gasteiger partial charge in [0.25, 0.3) is 0 Å². The van der Waals surface area contributed by atoms with Crippen LogP contribution in [0.2, 0.25) is 0 Å². The molecule has 0 aliphatic rings. The van der Waals surface area contributed by atoms with Gasteiger partial charge in [-0.1, -0.05) is 26.0 Å². The minimum atomic E-state index is -0.866. The number of carboxylic acid groups (broad SMARTS) is 1. The van der Waals surface area contributed by atoms with Crippen molar-refractivity contribution < 1.29 is 14.7 Å². The van der Waals surface area contributed by atoms with E-state index in [1.807, 2.05) is 13.8 Å². The second-order valence-corrected chi connectivity index (χ2v) is 5.84. The number of carbonyl (C=O) groups is 2. The van der Waals surface area contributed by atoms with E-state index in [4.69, 9.17) is 5.11 Å². The van der Waals surface area contributed by atoms with Gasteiger partial charge in [-0.3, -0.25) is 4.79 Å². The van der Waals surface area contributed by atoms with Gasteiger partial charge in [-0.2, -0.15) is 0 Å². The van der Waals surface area contributed by atoms with E-state index in [0.717, 1.165) is 0 Å². The van der Waals surface area contributed by atoms with Crippen LogP contribution in [0.4, 0.5) is 10.5 Å². The van der Waals surface area contributed by atoms with Crippen LogP contribution in [0.3, 0.4) is 0 Å². The van der Waals surface area contributed by atoms with Crippen LogP contribution in [-0.2, 0) is 11.2 Å². The van der Waals surface area contributed by atoms with Crippen molar-refractivity contribution >= 4 is 17.7 Å². The highest BCUT2D eigenvalue weighted by Crippen LogP contribution is 2.13. The van der Waals surface area contributed by atoms with Crippen LogP contribution < -0.4 is 5.32 Å². The fourth-order valence-electron chi connectivity index (χ4n) is 2.00. The Balaban J connectivity index is 2.70. The van der Waals surface area contributed by atoms with Gasteiger partial charge in [0.2, 0.25) is 0 Å². The molecule has 0 bridgehead atoms. The highest BCUT2D eigenvalue weighted by atomic mass is 16.4. The number of urea groups is 1. The molecule has 0 saturated carbocycles. The number of anilines is 1. The van der Waals surface area contributed by atoms with Crippen LogP contribution >= 0.6 is 0 Å². The summed E-state index contributed by atoms with van der Waals surface area (Å²) in [6.45, 7) is 8.81. The molecule has 2 N–H and O–H groups in total. The highest BCUT2D eigenvalue weighted by Gasteiger charge is 2.18. The lowest BCUT2D eigenvalue weighted by Crippen LogP contribution is -2.42.